The topological polar surface area (TPSA) is 70.6 Å². The zero-order valence-electron chi connectivity index (χ0n) is 15.7. The number of amides is 2. The number of carbonyl (C=O) groups is 2. The molecule has 0 aliphatic heterocycles. The quantitative estimate of drug-likeness (QED) is 0.322. The minimum atomic E-state index is -0.337. The van der Waals surface area contributed by atoms with E-state index in [1.807, 2.05) is 0 Å². The van der Waals surface area contributed by atoms with Gasteiger partial charge in [-0.15, -0.1) is 0 Å². The Labute approximate surface area is 192 Å². The average molecular weight is 505 g/mol. The number of benzene rings is 3. The number of anilines is 1. The number of hydrazone groups is 1. The van der Waals surface area contributed by atoms with Crippen molar-refractivity contribution < 1.29 is 9.59 Å². The van der Waals surface area contributed by atoms with Gasteiger partial charge in [-0.25, -0.2) is 5.43 Å². The summed E-state index contributed by atoms with van der Waals surface area (Å²) in [6.07, 6.45) is 0. The molecular weight excluding hydrogens is 489 g/mol. The van der Waals surface area contributed by atoms with Gasteiger partial charge in [-0.1, -0.05) is 51.3 Å². The fourth-order valence-electron chi connectivity index (χ4n) is 2.53. The maximum absolute atomic E-state index is 12.4. The van der Waals surface area contributed by atoms with E-state index in [2.05, 4.69) is 31.8 Å². The summed E-state index contributed by atoms with van der Waals surface area (Å²) in [4.78, 5) is 24.5. The Morgan fingerprint density at radius 1 is 0.867 bits per heavy atom. The summed E-state index contributed by atoms with van der Waals surface area (Å²) >= 11 is 15.3. The molecule has 0 aliphatic carbocycles. The third-order valence-corrected chi connectivity index (χ3v) is 5.24. The van der Waals surface area contributed by atoms with Gasteiger partial charge in [0.2, 0.25) is 0 Å². The lowest BCUT2D eigenvalue weighted by molar-refractivity contribution is 0.0954. The first kappa shape index (κ1) is 22.0. The van der Waals surface area contributed by atoms with E-state index in [-0.39, 0.29) is 16.8 Å². The molecule has 0 saturated heterocycles. The molecule has 0 spiro atoms. The Balaban J connectivity index is 1.64. The largest absolute Gasteiger partial charge is 0.322 e. The van der Waals surface area contributed by atoms with E-state index in [9.17, 15) is 9.59 Å². The molecule has 0 heterocycles. The zero-order chi connectivity index (χ0) is 21.7. The molecule has 0 aliphatic rings. The maximum Gasteiger partial charge on any atom is 0.271 e. The molecule has 0 radical (unpaired) electrons. The molecular formula is C22H16BrCl2N3O2. The highest BCUT2D eigenvalue weighted by molar-refractivity contribution is 9.10. The van der Waals surface area contributed by atoms with Gasteiger partial charge < -0.3 is 5.32 Å². The molecule has 3 aromatic rings. The van der Waals surface area contributed by atoms with E-state index in [1.165, 1.54) is 6.07 Å². The summed E-state index contributed by atoms with van der Waals surface area (Å²) in [5.41, 5.74) is 5.40. The van der Waals surface area contributed by atoms with Crippen molar-refractivity contribution in [1.82, 2.24) is 5.43 Å². The van der Waals surface area contributed by atoms with Gasteiger partial charge in [0.25, 0.3) is 11.8 Å². The molecule has 152 valence electrons. The van der Waals surface area contributed by atoms with Crippen molar-refractivity contribution in [2.45, 2.75) is 6.92 Å². The van der Waals surface area contributed by atoms with E-state index in [0.29, 0.717) is 27.5 Å². The van der Waals surface area contributed by atoms with Crippen molar-refractivity contribution in [3.63, 3.8) is 0 Å². The highest BCUT2D eigenvalue weighted by Gasteiger charge is 2.11. The average Bonchev–Trinajstić information content (AvgIpc) is 2.72. The lowest BCUT2D eigenvalue weighted by Crippen LogP contribution is -2.19. The first-order chi connectivity index (χ1) is 14.3. The molecule has 0 aromatic heterocycles. The van der Waals surface area contributed by atoms with E-state index < -0.39 is 0 Å². The fraction of sp³-hybridized carbons (Fsp3) is 0.0455. The second-order valence-corrected chi connectivity index (χ2v) is 8.06. The van der Waals surface area contributed by atoms with E-state index in [4.69, 9.17) is 23.2 Å². The van der Waals surface area contributed by atoms with Gasteiger partial charge in [-0.3, -0.25) is 9.59 Å². The molecule has 3 aromatic carbocycles. The molecule has 0 saturated carbocycles. The number of hydrogen-bond acceptors (Lipinski definition) is 3. The normalized spacial score (nSPS) is 11.1. The second-order valence-electron chi connectivity index (χ2n) is 6.30. The van der Waals surface area contributed by atoms with Gasteiger partial charge in [0.1, 0.15) is 0 Å². The minimum absolute atomic E-state index is 0.279. The van der Waals surface area contributed by atoms with Gasteiger partial charge in [-0.2, -0.15) is 5.10 Å². The summed E-state index contributed by atoms with van der Waals surface area (Å²) in [5.74, 6) is -0.637. The van der Waals surface area contributed by atoms with Crippen LogP contribution in [0.5, 0.6) is 0 Å². The lowest BCUT2D eigenvalue weighted by atomic mass is 10.1. The number of hydrogen-bond donors (Lipinski definition) is 2. The smallest absolute Gasteiger partial charge is 0.271 e. The summed E-state index contributed by atoms with van der Waals surface area (Å²) in [6, 6.07) is 18.7. The number of rotatable bonds is 5. The molecule has 5 nitrogen and oxygen atoms in total. The van der Waals surface area contributed by atoms with Crippen molar-refractivity contribution in [3.05, 3.63) is 97.9 Å². The van der Waals surface area contributed by atoms with Gasteiger partial charge in [0, 0.05) is 20.7 Å². The summed E-state index contributed by atoms with van der Waals surface area (Å²) in [5, 5.41) is 7.66. The van der Waals surface area contributed by atoms with Crippen molar-refractivity contribution in [2.75, 3.05) is 5.32 Å². The zero-order valence-corrected chi connectivity index (χ0v) is 18.8. The van der Waals surface area contributed by atoms with Crippen molar-refractivity contribution in [1.29, 1.82) is 0 Å². The van der Waals surface area contributed by atoms with Gasteiger partial charge in [0.05, 0.1) is 16.3 Å². The van der Waals surface area contributed by atoms with E-state index >= 15 is 0 Å². The van der Waals surface area contributed by atoms with E-state index in [1.54, 1.807) is 67.6 Å². The van der Waals surface area contributed by atoms with Crippen LogP contribution < -0.4 is 10.7 Å². The van der Waals surface area contributed by atoms with Crippen LogP contribution in [0.2, 0.25) is 10.0 Å². The molecule has 2 amide bonds. The SMILES string of the molecule is C/C(=N\NC(=O)c1ccc(Br)cc1)c1ccc(NC(=O)c2ccc(Cl)cc2Cl)cc1. The number of carbonyl (C=O) groups excluding carboxylic acids is 2. The Morgan fingerprint density at radius 3 is 2.13 bits per heavy atom. The van der Waals surface area contributed by atoms with Gasteiger partial charge >= 0.3 is 0 Å². The molecule has 0 atom stereocenters. The standard InChI is InChI=1S/C22H16BrCl2N3O2/c1-13(27-28-21(29)15-2-6-16(23)7-3-15)14-4-9-18(10-5-14)26-22(30)19-11-8-17(24)12-20(19)25/h2-12H,1H3,(H,26,30)(H,28,29)/b27-13+. The second kappa shape index (κ2) is 9.89. The monoisotopic (exact) mass is 503 g/mol. The Morgan fingerprint density at radius 2 is 1.50 bits per heavy atom. The Hall–Kier alpha value is -2.67. The van der Waals surface area contributed by atoms with Gasteiger partial charge in [-0.05, 0) is 67.1 Å². The number of nitrogens with zero attached hydrogens (tertiary/aromatic N) is 1. The maximum atomic E-state index is 12.4. The van der Waals surface area contributed by atoms with Crippen LogP contribution in [-0.2, 0) is 0 Å². The van der Waals surface area contributed by atoms with Crippen molar-refractivity contribution in [3.8, 4) is 0 Å². The summed E-state index contributed by atoms with van der Waals surface area (Å²) < 4.78 is 0.893. The van der Waals surface area contributed by atoms with Gasteiger partial charge in [0.15, 0.2) is 0 Å². The van der Waals surface area contributed by atoms with Crippen LogP contribution >= 0.6 is 39.1 Å². The lowest BCUT2D eigenvalue weighted by Gasteiger charge is -2.08. The Kier molecular flexibility index (Phi) is 7.26. The van der Waals surface area contributed by atoms with Crippen LogP contribution in [0.1, 0.15) is 33.2 Å². The molecule has 0 fully saturated rings. The van der Waals surface area contributed by atoms with Crippen molar-refractivity contribution in [2.24, 2.45) is 5.10 Å². The van der Waals surface area contributed by atoms with Crippen LogP contribution in [0.25, 0.3) is 0 Å². The first-order valence-electron chi connectivity index (χ1n) is 8.80. The third-order valence-electron chi connectivity index (χ3n) is 4.17. The molecule has 30 heavy (non-hydrogen) atoms. The fourth-order valence-corrected chi connectivity index (χ4v) is 3.29. The molecule has 0 bridgehead atoms. The van der Waals surface area contributed by atoms with E-state index in [0.717, 1.165) is 10.0 Å². The summed E-state index contributed by atoms with van der Waals surface area (Å²) in [6.45, 7) is 1.78. The van der Waals surface area contributed by atoms with Crippen LogP contribution in [0.4, 0.5) is 5.69 Å². The van der Waals surface area contributed by atoms with Crippen LogP contribution in [0, 0.1) is 0 Å². The van der Waals surface area contributed by atoms with Crippen LogP contribution in [0.3, 0.4) is 0 Å². The highest BCUT2D eigenvalue weighted by Crippen LogP contribution is 2.22. The third kappa shape index (κ3) is 5.69. The Bertz CT molecular complexity index is 1110. The highest BCUT2D eigenvalue weighted by atomic mass is 79.9. The molecule has 0 unspecified atom stereocenters. The predicted octanol–water partition coefficient (Wildman–Crippen LogP) is 6.16. The molecule has 2 N–H and O–H groups in total. The number of halogens is 3. The minimum Gasteiger partial charge on any atom is -0.322 e. The molecule has 8 heteroatoms. The van der Waals surface area contributed by atoms with Crippen molar-refractivity contribution >= 4 is 62.3 Å². The predicted molar refractivity (Wildman–Crippen MR) is 125 cm³/mol. The molecule has 3 rings (SSSR count). The first-order valence-corrected chi connectivity index (χ1v) is 10.4. The van der Waals surface area contributed by atoms with Crippen LogP contribution in [-0.4, -0.2) is 17.5 Å². The van der Waals surface area contributed by atoms with Crippen LogP contribution in [0.15, 0.2) is 76.3 Å². The number of nitrogens with one attached hydrogen (secondary N) is 2. The summed E-state index contributed by atoms with van der Waals surface area (Å²) in [7, 11) is 0.